The molecule has 0 unspecified atom stereocenters. The normalized spacial score (nSPS) is 16.6. The van der Waals surface area contributed by atoms with Crippen LogP contribution < -0.4 is 5.73 Å². The first-order valence-electron chi connectivity index (χ1n) is 8.28. The number of nitrogens with two attached hydrogens (primary N) is 1. The van der Waals surface area contributed by atoms with Crippen molar-refractivity contribution in [2.24, 2.45) is 5.73 Å². The number of carbonyl (C=O) groups excluding carboxylic acids is 2. The molecule has 2 N–H and O–H groups in total. The summed E-state index contributed by atoms with van der Waals surface area (Å²) in [5, 5.41) is 10.9. The van der Waals surface area contributed by atoms with E-state index in [4.69, 9.17) is 19.9 Å². The zero-order chi connectivity index (χ0) is 20.1. The zero-order valence-corrected chi connectivity index (χ0v) is 15.2. The van der Waals surface area contributed by atoms with Crippen molar-refractivity contribution in [1.82, 2.24) is 0 Å². The molecule has 0 amide bonds. The molecule has 144 valence electrons. The second-order valence-corrected chi connectivity index (χ2v) is 5.57. The van der Waals surface area contributed by atoms with Crippen LogP contribution >= 0.6 is 0 Å². The Morgan fingerprint density at radius 3 is 2.11 bits per heavy atom. The van der Waals surface area contributed by atoms with Gasteiger partial charge in [0.2, 0.25) is 5.88 Å². The summed E-state index contributed by atoms with van der Waals surface area (Å²) in [7, 11) is 0. The number of nitro benzene ring substituents is 1. The molecule has 9 nitrogen and oxygen atoms in total. The van der Waals surface area contributed by atoms with E-state index in [2.05, 4.69) is 0 Å². The highest BCUT2D eigenvalue weighted by Crippen LogP contribution is 2.40. The van der Waals surface area contributed by atoms with Gasteiger partial charge in [0.25, 0.3) is 5.69 Å². The van der Waals surface area contributed by atoms with E-state index in [1.54, 1.807) is 13.8 Å². The van der Waals surface area contributed by atoms with Crippen LogP contribution in [-0.2, 0) is 23.8 Å². The summed E-state index contributed by atoms with van der Waals surface area (Å²) in [5.41, 5.74) is 6.25. The molecule has 0 bridgehead atoms. The van der Waals surface area contributed by atoms with E-state index in [1.807, 2.05) is 0 Å². The molecule has 1 aromatic carbocycles. The molecule has 1 aliphatic rings. The van der Waals surface area contributed by atoms with Crippen LogP contribution in [0.25, 0.3) is 0 Å². The second-order valence-electron chi connectivity index (χ2n) is 5.57. The topological polar surface area (TPSA) is 131 Å². The number of allylic oxidation sites excluding steroid dienone is 1. The van der Waals surface area contributed by atoms with E-state index in [0.717, 1.165) is 0 Å². The van der Waals surface area contributed by atoms with Gasteiger partial charge in [-0.15, -0.1) is 0 Å². The van der Waals surface area contributed by atoms with Crippen molar-refractivity contribution < 1.29 is 28.7 Å². The van der Waals surface area contributed by atoms with Gasteiger partial charge in [0.05, 0.1) is 29.6 Å². The maximum absolute atomic E-state index is 12.5. The van der Waals surface area contributed by atoms with Crippen LogP contribution in [0.1, 0.15) is 32.3 Å². The number of hydrogen-bond acceptors (Lipinski definition) is 8. The first-order valence-corrected chi connectivity index (χ1v) is 8.28. The first kappa shape index (κ1) is 20.0. The number of non-ortho nitro benzene ring substituents is 1. The highest BCUT2D eigenvalue weighted by atomic mass is 16.6. The lowest BCUT2D eigenvalue weighted by Gasteiger charge is -2.28. The van der Waals surface area contributed by atoms with Crippen molar-refractivity contribution in [3.63, 3.8) is 0 Å². The molecular weight excluding hydrogens is 356 g/mol. The fourth-order valence-electron chi connectivity index (χ4n) is 2.78. The van der Waals surface area contributed by atoms with Crippen molar-refractivity contribution >= 4 is 17.6 Å². The standard InChI is InChI=1S/C18H20N2O7/c1-4-25-17(21)13-10(3)27-16(19)15(18(22)26-5-2)14(13)11-6-8-12(9-7-11)20(23)24/h6-9,14H,4-5,19H2,1-3H3/t14-/m1/s1. The van der Waals surface area contributed by atoms with E-state index in [1.165, 1.54) is 31.2 Å². The van der Waals surface area contributed by atoms with Gasteiger partial charge in [-0.25, -0.2) is 9.59 Å². The van der Waals surface area contributed by atoms with Gasteiger partial charge in [0, 0.05) is 12.1 Å². The van der Waals surface area contributed by atoms with Gasteiger partial charge in [-0.2, -0.15) is 0 Å². The summed E-state index contributed by atoms with van der Waals surface area (Å²) < 4.78 is 15.5. The van der Waals surface area contributed by atoms with Gasteiger partial charge in [0.15, 0.2) is 0 Å². The van der Waals surface area contributed by atoms with E-state index in [9.17, 15) is 19.7 Å². The lowest BCUT2D eigenvalue weighted by atomic mass is 9.82. The maximum Gasteiger partial charge on any atom is 0.340 e. The third-order valence-electron chi connectivity index (χ3n) is 3.91. The monoisotopic (exact) mass is 376 g/mol. The van der Waals surface area contributed by atoms with Gasteiger partial charge >= 0.3 is 11.9 Å². The summed E-state index contributed by atoms with van der Waals surface area (Å²) in [6.45, 7) is 5.03. The lowest BCUT2D eigenvalue weighted by molar-refractivity contribution is -0.384. The minimum Gasteiger partial charge on any atom is -0.463 e. The van der Waals surface area contributed by atoms with Gasteiger partial charge in [-0.1, -0.05) is 12.1 Å². The molecule has 0 saturated carbocycles. The largest absolute Gasteiger partial charge is 0.463 e. The Labute approximate surface area is 155 Å². The van der Waals surface area contributed by atoms with Gasteiger partial charge in [-0.05, 0) is 26.3 Å². The zero-order valence-electron chi connectivity index (χ0n) is 15.2. The summed E-state index contributed by atoms with van der Waals surface area (Å²) in [5.74, 6) is -2.36. The molecular formula is C18H20N2O7. The highest BCUT2D eigenvalue weighted by molar-refractivity contribution is 5.99. The average molecular weight is 376 g/mol. The van der Waals surface area contributed by atoms with Crippen LogP contribution in [0.2, 0.25) is 0 Å². The highest BCUT2D eigenvalue weighted by Gasteiger charge is 2.40. The fraction of sp³-hybridized carbons (Fsp3) is 0.333. The molecule has 0 aliphatic carbocycles. The van der Waals surface area contributed by atoms with Crippen molar-refractivity contribution in [3.05, 3.63) is 62.7 Å². The van der Waals surface area contributed by atoms with Crippen molar-refractivity contribution in [2.45, 2.75) is 26.7 Å². The predicted molar refractivity (Wildman–Crippen MR) is 94.1 cm³/mol. The smallest absolute Gasteiger partial charge is 0.340 e. The van der Waals surface area contributed by atoms with Crippen LogP contribution in [0.15, 0.2) is 47.1 Å². The molecule has 0 spiro atoms. The van der Waals surface area contributed by atoms with Crippen molar-refractivity contribution in [3.8, 4) is 0 Å². The Balaban J connectivity index is 2.62. The Bertz CT molecular complexity index is 785. The third kappa shape index (κ3) is 4.08. The molecule has 1 aromatic rings. The Hall–Kier alpha value is -3.36. The summed E-state index contributed by atoms with van der Waals surface area (Å²) >= 11 is 0. The molecule has 0 saturated heterocycles. The molecule has 1 aliphatic heterocycles. The van der Waals surface area contributed by atoms with E-state index >= 15 is 0 Å². The minimum absolute atomic E-state index is 0.0562. The van der Waals surface area contributed by atoms with E-state index < -0.39 is 22.8 Å². The summed E-state index contributed by atoms with van der Waals surface area (Å²) in [4.78, 5) is 35.4. The fourth-order valence-corrected chi connectivity index (χ4v) is 2.78. The third-order valence-corrected chi connectivity index (χ3v) is 3.91. The molecule has 9 heteroatoms. The molecule has 2 rings (SSSR count). The van der Waals surface area contributed by atoms with Crippen LogP contribution in [-0.4, -0.2) is 30.1 Å². The molecule has 1 heterocycles. The van der Waals surface area contributed by atoms with Crippen molar-refractivity contribution in [2.75, 3.05) is 13.2 Å². The Morgan fingerprint density at radius 2 is 1.63 bits per heavy atom. The van der Waals surface area contributed by atoms with Crippen molar-refractivity contribution in [1.29, 1.82) is 0 Å². The molecule has 1 atom stereocenters. The van der Waals surface area contributed by atoms with E-state index in [-0.39, 0.29) is 41.7 Å². The summed E-state index contributed by atoms with van der Waals surface area (Å²) in [6, 6.07) is 5.46. The number of carbonyl (C=O) groups is 2. The van der Waals surface area contributed by atoms with Gasteiger partial charge in [-0.3, -0.25) is 10.1 Å². The SMILES string of the molecule is CCOC(=O)C1=C(C)OC(N)=C(C(=O)OCC)[C@@H]1c1ccc([N+](=O)[O-])cc1. The van der Waals surface area contributed by atoms with E-state index in [0.29, 0.717) is 5.56 Å². The second kappa shape index (κ2) is 8.35. The lowest BCUT2D eigenvalue weighted by Crippen LogP contribution is -2.30. The number of esters is 2. The van der Waals surface area contributed by atoms with Gasteiger partial charge < -0.3 is 19.9 Å². The number of ether oxygens (including phenoxy) is 3. The number of nitrogens with zero attached hydrogens (tertiary/aromatic N) is 1. The van der Waals surface area contributed by atoms with Crippen LogP contribution in [0.4, 0.5) is 5.69 Å². The van der Waals surface area contributed by atoms with Gasteiger partial charge in [0.1, 0.15) is 11.3 Å². The minimum atomic E-state index is -0.933. The molecule has 0 aromatic heterocycles. The molecule has 27 heavy (non-hydrogen) atoms. The van der Waals surface area contributed by atoms with Crippen LogP contribution in [0.3, 0.4) is 0 Å². The Kier molecular flexibility index (Phi) is 6.17. The molecule has 0 fully saturated rings. The van der Waals surface area contributed by atoms with Crippen LogP contribution in [0, 0.1) is 10.1 Å². The number of hydrogen-bond donors (Lipinski definition) is 1. The number of benzene rings is 1. The maximum atomic E-state index is 12.5. The number of rotatable bonds is 6. The summed E-state index contributed by atoms with van der Waals surface area (Å²) in [6.07, 6.45) is 0. The number of nitro groups is 1. The predicted octanol–water partition coefficient (Wildman–Crippen LogP) is 2.28. The van der Waals surface area contributed by atoms with Crippen LogP contribution in [0.5, 0.6) is 0 Å². The Morgan fingerprint density at radius 1 is 1.11 bits per heavy atom. The quantitative estimate of drug-likeness (QED) is 0.454. The molecule has 0 radical (unpaired) electrons. The average Bonchev–Trinajstić information content (AvgIpc) is 2.61. The first-order chi connectivity index (χ1) is 12.8.